The maximum atomic E-state index is 11.6. The molecule has 0 radical (unpaired) electrons. The third-order valence-corrected chi connectivity index (χ3v) is 3.53. The van der Waals surface area contributed by atoms with Crippen molar-refractivity contribution in [2.75, 3.05) is 20.2 Å². The van der Waals surface area contributed by atoms with E-state index in [9.17, 15) is 9.59 Å². The first-order valence-electron chi connectivity index (χ1n) is 7.21. The van der Waals surface area contributed by atoms with Crippen molar-refractivity contribution in [3.05, 3.63) is 0 Å². The molecule has 2 atom stereocenters. The van der Waals surface area contributed by atoms with Crippen LogP contribution in [0.3, 0.4) is 0 Å². The lowest BCUT2D eigenvalue weighted by molar-refractivity contribution is -0.142. The lowest BCUT2D eigenvalue weighted by atomic mass is 9.97. The molecule has 1 fully saturated rings. The minimum absolute atomic E-state index is 0.0617. The summed E-state index contributed by atoms with van der Waals surface area (Å²) < 4.78 is 5.30. The number of methoxy groups -OCH3 is 1. The van der Waals surface area contributed by atoms with Gasteiger partial charge in [0.05, 0.1) is 12.0 Å². The fourth-order valence-corrected chi connectivity index (χ4v) is 2.22. The third-order valence-electron chi connectivity index (χ3n) is 3.53. The van der Waals surface area contributed by atoms with Crippen LogP contribution in [0.5, 0.6) is 0 Å². The van der Waals surface area contributed by atoms with Gasteiger partial charge >= 0.3 is 12.0 Å². The lowest BCUT2D eigenvalue weighted by Gasteiger charge is -2.18. The molecule has 6 heteroatoms. The standard InChI is InChI=1S/C14H26N2O4/c1-9(2)6-11(13(17)18)7-15-14(19)16-8-12(20-3)10-4-5-10/h9-12H,4-8H2,1-3H3,(H,17,18)(H2,15,16,19). The number of amides is 2. The normalized spacial score (nSPS) is 17.6. The third kappa shape index (κ3) is 6.23. The molecule has 2 amide bonds. The Balaban J connectivity index is 2.24. The van der Waals surface area contributed by atoms with Gasteiger partial charge in [0.15, 0.2) is 0 Å². The topological polar surface area (TPSA) is 87.7 Å². The van der Waals surface area contributed by atoms with Gasteiger partial charge in [-0.2, -0.15) is 0 Å². The molecule has 1 aliphatic rings. The van der Waals surface area contributed by atoms with Crippen molar-refractivity contribution < 1.29 is 19.4 Å². The zero-order valence-corrected chi connectivity index (χ0v) is 12.5. The van der Waals surface area contributed by atoms with E-state index in [1.165, 1.54) is 0 Å². The van der Waals surface area contributed by atoms with Gasteiger partial charge in [-0.05, 0) is 31.1 Å². The Morgan fingerprint density at radius 3 is 2.30 bits per heavy atom. The molecule has 1 rings (SSSR count). The predicted molar refractivity (Wildman–Crippen MR) is 75.5 cm³/mol. The van der Waals surface area contributed by atoms with Crippen LogP contribution < -0.4 is 10.6 Å². The summed E-state index contributed by atoms with van der Waals surface area (Å²) in [4.78, 5) is 22.7. The number of aliphatic carboxylic acids is 1. The van der Waals surface area contributed by atoms with Crippen LogP contribution in [0.2, 0.25) is 0 Å². The highest BCUT2D eigenvalue weighted by Gasteiger charge is 2.31. The summed E-state index contributed by atoms with van der Waals surface area (Å²) in [7, 11) is 1.64. The molecule has 0 saturated heterocycles. The Morgan fingerprint density at radius 1 is 1.25 bits per heavy atom. The molecule has 0 aliphatic heterocycles. The number of carbonyl (C=O) groups is 2. The van der Waals surface area contributed by atoms with Crippen molar-refractivity contribution in [2.24, 2.45) is 17.8 Å². The lowest BCUT2D eigenvalue weighted by Crippen LogP contribution is -2.43. The zero-order chi connectivity index (χ0) is 15.1. The number of carboxylic acid groups (broad SMARTS) is 1. The summed E-state index contributed by atoms with van der Waals surface area (Å²) in [6.45, 7) is 4.55. The summed E-state index contributed by atoms with van der Waals surface area (Å²) in [6.07, 6.45) is 2.92. The molecule has 0 bridgehead atoms. The first-order chi connectivity index (χ1) is 9.43. The molecule has 1 aliphatic carbocycles. The number of ether oxygens (including phenoxy) is 1. The van der Waals surface area contributed by atoms with Crippen LogP contribution in [0.1, 0.15) is 33.1 Å². The molecule has 2 unspecified atom stereocenters. The molecule has 0 aromatic carbocycles. The second kappa shape index (κ2) is 8.09. The van der Waals surface area contributed by atoms with Crippen LogP contribution in [0, 0.1) is 17.8 Å². The minimum atomic E-state index is -0.869. The van der Waals surface area contributed by atoms with Crippen LogP contribution >= 0.6 is 0 Å². The molecule has 6 nitrogen and oxygen atoms in total. The molecular formula is C14H26N2O4. The van der Waals surface area contributed by atoms with E-state index in [1.807, 2.05) is 13.8 Å². The Morgan fingerprint density at radius 2 is 1.85 bits per heavy atom. The number of nitrogens with one attached hydrogen (secondary N) is 2. The maximum Gasteiger partial charge on any atom is 0.314 e. The smallest absolute Gasteiger partial charge is 0.314 e. The van der Waals surface area contributed by atoms with Crippen LogP contribution in [0.25, 0.3) is 0 Å². The van der Waals surface area contributed by atoms with Gasteiger partial charge in [0.1, 0.15) is 0 Å². The second-order valence-corrected chi connectivity index (χ2v) is 5.87. The van der Waals surface area contributed by atoms with Crippen molar-refractivity contribution in [3.8, 4) is 0 Å². The number of hydrogen-bond acceptors (Lipinski definition) is 3. The summed E-state index contributed by atoms with van der Waals surface area (Å²) in [6, 6.07) is -0.331. The van der Waals surface area contributed by atoms with Gasteiger partial charge in [-0.1, -0.05) is 13.8 Å². The Hall–Kier alpha value is -1.30. The molecule has 116 valence electrons. The fourth-order valence-electron chi connectivity index (χ4n) is 2.22. The average Bonchev–Trinajstić information content (AvgIpc) is 3.19. The highest BCUT2D eigenvalue weighted by atomic mass is 16.5. The summed E-state index contributed by atoms with van der Waals surface area (Å²) >= 11 is 0. The number of urea groups is 1. The SMILES string of the molecule is COC(CNC(=O)NCC(CC(C)C)C(=O)O)C1CC1. The van der Waals surface area contributed by atoms with Gasteiger partial charge in [0.25, 0.3) is 0 Å². The van der Waals surface area contributed by atoms with E-state index >= 15 is 0 Å². The van der Waals surface area contributed by atoms with Gasteiger partial charge in [-0.15, -0.1) is 0 Å². The molecule has 0 aromatic heterocycles. The monoisotopic (exact) mass is 286 g/mol. The predicted octanol–water partition coefficient (Wildman–Crippen LogP) is 1.46. The minimum Gasteiger partial charge on any atom is -0.481 e. The first kappa shape index (κ1) is 16.8. The highest BCUT2D eigenvalue weighted by Crippen LogP contribution is 2.33. The van der Waals surface area contributed by atoms with E-state index in [0.717, 1.165) is 12.8 Å². The molecule has 20 heavy (non-hydrogen) atoms. The van der Waals surface area contributed by atoms with Crippen LogP contribution in [0.4, 0.5) is 4.79 Å². The quantitative estimate of drug-likeness (QED) is 0.599. The van der Waals surface area contributed by atoms with Crippen molar-refractivity contribution in [1.82, 2.24) is 10.6 Å². The maximum absolute atomic E-state index is 11.6. The zero-order valence-electron chi connectivity index (χ0n) is 12.5. The average molecular weight is 286 g/mol. The Labute approximate surface area is 120 Å². The van der Waals surface area contributed by atoms with Crippen molar-refractivity contribution in [1.29, 1.82) is 0 Å². The second-order valence-electron chi connectivity index (χ2n) is 5.87. The highest BCUT2D eigenvalue weighted by molar-refractivity contribution is 5.75. The van der Waals surface area contributed by atoms with Crippen LogP contribution in [0.15, 0.2) is 0 Å². The Bertz CT molecular complexity index is 329. The van der Waals surface area contributed by atoms with E-state index < -0.39 is 11.9 Å². The van der Waals surface area contributed by atoms with Crippen LogP contribution in [-0.4, -0.2) is 43.4 Å². The fraction of sp³-hybridized carbons (Fsp3) is 0.857. The number of carbonyl (C=O) groups excluding carboxylic acids is 1. The van der Waals surface area contributed by atoms with E-state index in [-0.39, 0.29) is 24.6 Å². The van der Waals surface area contributed by atoms with Gasteiger partial charge in [0.2, 0.25) is 0 Å². The largest absolute Gasteiger partial charge is 0.481 e. The summed E-state index contributed by atoms with van der Waals surface area (Å²) in [5, 5.41) is 14.4. The molecular weight excluding hydrogens is 260 g/mol. The molecule has 1 saturated carbocycles. The van der Waals surface area contributed by atoms with Crippen molar-refractivity contribution >= 4 is 12.0 Å². The Kier molecular flexibility index (Phi) is 6.78. The van der Waals surface area contributed by atoms with Crippen molar-refractivity contribution in [2.45, 2.75) is 39.2 Å². The van der Waals surface area contributed by atoms with Crippen LogP contribution in [-0.2, 0) is 9.53 Å². The molecule has 0 aromatic rings. The van der Waals surface area contributed by atoms with Gasteiger partial charge in [-0.25, -0.2) is 4.79 Å². The van der Waals surface area contributed by atoms with Gasteiger partial charge < -0.3 is 20.5 Å². The van der Waals surface area contributed by atoms with E-state index in [0.29, 0.717) is 18.9 Å². The summed E-state index contributed by atoms with van der Waals surface area (Å²) in [5.74, 6) is -0.573. The number of rotatable bonds is 9. The first-order valence-corrected chi connectivity index (χ1v) is 7.21. The molecule has 3 N–H and O–H groups in total. The van der Waals surface area contributed by atoms with E-state index in [2.05, 4.69) is 10.6 Å². The molecule has 0 spiro atoms. The molecule has 0 heterocycles. The summed E-state index contributed by atoms with van der Waals surface area (Å²) in [5.41, 5.74) is 0. The van der Waals surface area contributed by atoms with Crippen molar-refractivity contribution in [3.63, 3.8) is 0 Å². The van der Waals surface area contributed by atoms with Gasteiger partial charge in [-0.3, -0.25) is 4.79 Å². The number of carboxylic acids is 1. The van der Waals surface area contributed by atoms with E-state index in [4.69, 9.17) is 9.84 Å². The number of hydrogen-bond donors (Lipinski definition) is 3. The van der Waals surface area contributed by atoms with Gasteiger partial charge in [0, 0.05) is 20.2 Å². The van der Waals surface area contributed by atoms with E-state index in [1.54, 1.807) is 7.11 Å².